The number of nitrogens with one attached hydrogen (secondary N) is 1. The Hall–Kier alpha value is -1.16. The van der Waals surface area contributed by atoms with Gasteiger partial charge in [-0.2, -0.15) is 0 Å². The average molecular weight is 336 g/mol. The summed E-state index contributed by atoms with van der Waals surface area (Å²) in [6.45, 7) is 0. The van der Waals surface area contributed by atoms with Crippen molar-refractivity contribution < 1.29 is 9.59 Å². The average Bonchev–Trinajstić information content (AvgIpc) is 2.93. The van der Waals surface area contributed by atoms with Crippen LogP contribution in [0.5, 0.6) is 0 Å². The molecule has 20 heavy (non-hydrogen) atoms. The van der Waals surface area contributed by atoms with Crippen molar-refractivity contribution in [1.82, 2.24) is 5.32 Å². The smallest absolute Gasteiger partial charge is 0.234 e. The first-order chi connectivity index (χ1) is 9.65. The molecule has 1 aromatic rings. The molecule has 3 nitrogen and oxygen atoms in total. The number of rotatable bonds is 2. The van der Waals surface area contributed by atoms with Crippen molar-refractivity contribution in [3.05, 3.63) is 34.3 Å². The molecule has 4 heteroatoms. The van der Waals surface area contributed by atoms with Crippen molar-refractivity contribution >= 4 is 27.7 Å². The highest BCUT2D eigenvalue weighted by molar-refractivity contribution is 9.10. The molecule has 2 fully saturated rings. The zero-order valence-electron chi connectivity index (χ0n) is 11.3. The van der Waals surface area contributed by atoms with Gasteiger partial charge < -0.3 is 0 Å². The fraction of sp³-hybridized carbons (Fsp3) is 0.500. The van der Waals surface area contributed by atoms with E-state index in [-0.39, 0.29) is 23.7 Å². The minimum Gasteiger partial charge on any atom is -0.296 e. The van der Waals surface area contributed by atoms with E-state index in [1.807, 2.05) is 24.3 Å². The SMILES string of the molecule is O=C1CC(C2CCCC2)C(c2ccc(Br)cc2)C(=O)N1. The van der Waals surface area contributed by atoms with E-state index < -0.39 is 0 Å². The van der Waals surface area contributed by atoms with Crippen molar-refractivity contribution in [2.24, 2.45) is 11.8 Å². The Labute approximate surface area is 127 Å². The molecule has 1 N–H and O–H groups in total. The summed E-state index contributed by atoms with van der Waals surface area (Å²) in [7, 11) is 0. The Morgan fingerprint density at radius 3 is 2.35 bits per heavy atom. The highest BCUT2D eigenvalue weighted by Gasteiger charge is 2.41. The Bertz CT molecular complexity index is 520. The molecule has 0 bridgehead atoms. The third-order valence-corrected chi connectivity index (χ3v) is 5.16. The fourth-order valence-corrected chi connectivity index (χ4v) is 3.95. The number of carbonyl (C=O) groups excluding carboxylic acids is 2. The number of carbonyl (C=O) groups is 2. The van der Waals surface area contributed by atoms with Gasteiger partial charge >= 0.3 is 0 Å². The molecule has 2 amide bonds. The molecule has 1 aliphatic carbocycles. The zero-order chi connectivity index (χ0) is 14.1. The number of hydrogen-bond acceptors (Lipinski definition) is 2. The molecule has 0 spiro atoms. The maximum atomic E-state index is 12.3. The fourth-order valence-electron chi connectivity index (χ4n) is 3.69. The first-order valence-corrected chi connectivity index (χ1v) is 8.03. The summed E-state index contributed by atoms with van der Waals surface area (Å²) in [6, 6.07) is 7.91. The topological polar surface area (TPSA) is 46.2 Å². The molecule has 1 aliphatic heterocycles. The van der Waals surface area contributed by atoms with Crippen molar-refractivity contribution in [2.75, 3.05) is 0 Å². The predicted molar refractivity (Wildman–Crippen MR) is 80.1 cm³/mol. The van der Waals surface area contributed by atoms with Crippen molar-refractivity contribution in [3.8, 4) is 0 Å². The third kappa shape index (κ3) is 2.66. The summed E-state index contributed by atoms with van der Waals surface area (Å²) >= 11 is 3.42. The normalized spacial score (nSPS) is 27.6. The lowest BCUT2D eigenvalue weighted by Gasteiger charge is -2.34. The van der Waals surface area contributed by atoms with Crippen LogP contribution in [0.2, 0.25) is 0 Å². The first kappa shape index (κ1) is 13.8. The van der Waals surface area contributed by atoms with Crippen LogP contribution in [0.15, 0.2) is 28.7 Å². The third-order valence-electron chi connectivity index (χ3n) is 4.63. The Morgan fingerprint density at radius 1 is 1.05 bits per heavy atom. The summed E-state index contributed by atoms with van der Waals surface area (Å²) in [4.78, 5) is 24.0. The Morgan fingerprint density at radius 2 is 1.70 bits per heavy atom. The molecule has 0 aromatic heterocycles. The van der Waals surface area contributed by atoms with Crippen LogP contribution < -0.4 is 5.32 Å². The van der Waals surface area contributed by atoms with E-state index in [0.717, 1.165) is 22.9 Å². The van der Waals surface area contributed by atoms with Gasteiger partial charge in [0.2, 0.25) is 11.8 Å². The monoisotopic (exact) mass is 335 g/mol. The Kier molecular flexibility index (Phi) is 3.92. The van der Waals surface area contributed by atoms with Gasteiger partial charge in [0.1, 0.15) is 0 Å². The highest BCUT2D eigenvalue weighted by Crippen LogP contribution is 2.43. The summed E-state index contributed by atoms with van der Waals surface area (Å²) in [5.74, 6) is 0.267. The van der Waals surface area contributed by atoms with Gasteiger partial charge in [-0.1, -0.05) is 53.7 Å². The summed E-state index contributed by atoms with van der Waals surface area (Å²) in [6.07, 6.45) is 5.24. The number of piperidine rings is 1. The molecule has 1 saturated heterocycles. The minimum atomic E-state index is -0.177. The van der Waals surface area contributed by atoms with E-state index in [9.17, 15) is 9.59 Å². The predicted octanol–water partition coefficient (Wildman–Crippen LogP) is 3.39. The van der Waals surface area contributed by atoms with E-state index in [0.29, 0.717) is 12.3 Å². The van der Waals surface area contributed by atoms with E-state index in [4.69, 9.17) is 0 Å². The van der Waals surface area contributed by atoms with Crippen LogP contribution >= 0.6 is 15.9 Å². The number of amides is 2. The Balaban J connectivity index is 1.92. The van der Waals surface area contributed by atoms with Crippen LogP contribution in [0.25, 0.3) is 0 Å². The molecular formula is C16H18BrNO2. The van der Waals surface area contributed by atoms with Crippen LogP contribution in [0.3, 0.4) is 0 Å². The van der Waals surface area contributed by atoms with Crippen molar-refractivity contribution in [1.29, 1.82) is 0 Å². The lowest BCUT2D eigenvalue weighted by molar-refractivity contribution is -0.137. The molecule has 2 unspecified atom stereocenters. The number of benzene rings is 1. The highest BCUT2D eigenvalue weighted by atomic mass is 79.9. The summed E-state index contributed by atoms with van der Waals surface area (Å²) in [5, 5.41) is 2.51. The lowest BCUT2D eigenvalue weighted by Crippen LogP contribution is -2.46. The van der Waals surface area contributed by atoms with Gasteiger partial charge in [0.05, 0.1) is 5.92 Å². The van der Waals surface area contributed by atoms with Gasteiger partial charge in [0.25, 0.3) is 0 Å². The molecule has 2 atom stereocenters. The number of imide groups is 1. The maximum absolute atomic E-state index is 12.3. The quantitative estimate of drug-likeness (QED) is 0.842. The second-order valence-electron chi connectivity index (χ2n) is 5.85. The largest absolute Gasteiger partial charge is 0.296 e. The van der Waals surface area contributed by atoms with Crippen LogP contribution in [-0.2, 0) is 9.59 Å². The maximum Gasteiger partial charge on any atom is 0.234 e. The second kappa shape index (κ2) is 5.68. The summed E-state index contributed by atoms with van der Waals surface area (Å²) in [5.41, 5.74) is 1.02. The van der Waals surface area contributed by atoms with Gasteiger partial charge in [0.15, 0.2) is 0 Å². The van der Waals surface area contributed by atoms with Crippen molar-refractivity contribution in [3.63, 3.8) is 0 Å². The van der Waals surface area contributed by atoms with E-state index in [2.05, 4.69) is 21.2 Å². The van der Waals surface area contributed by atoms with Gasteiger partial charge in [-0.15, -0.1) is 0 Å². The van der Waals surface area contributed by atoms with E-state index in [1.54, 1.807) is 0 Å². The number of halogens is 1. The van der Waals surface area contributed by atoms with Crippen molar-refractivity contribution in [2.45, 2.75) is 38.0 Å². The zero-order valence-corrected chi connectivity index (χ0v) is 12.9. The molecular weight excluding hydrogens is 318 g/mol. The molecule has 106 valence electrons. The molecule has 1 aromatic carbocycles. The minimum absolute atomic E-state index is 0.111. The molecule has 3 rings (SSSR count). The second-order valence-corrected chi connectivity index (χ2v) is 6.77. The van der Waals surface area contributed by atoms with Gasteiger partial charge in [0, 0.05) is 10.9 Å². The molecule has 2 aliphatic rings. The standard InChI is InChI=1S/C16H18BrNO2/c17-12-7-5-11(6-8-12)15-13(10-3-1-2-4-10)9-14(19)18-16(15)20/h5-8,10,13,15H,1-4,9H2,(H,18,19,20). The summed E-state index contributed by atoms with van der Waals surface area (Å²) < 4.78 is 1.01. The van der Waals surface area contributed by atoms with Crippen LogP contribution in [-0.4, -0.2) is 11.8 Å². The van der Waals surface area contributed by atoms with Crippen LogP contribution in [0.4, 0.5) is 0 Å². The van der Waals surface area contributed by atoms with E-state index in [1.165, 1.54) is 12.8 Å². The van der Waals surface area contributed by atoms with Gasteiger partial charge in [-0.3, -0.25) is 14.9 Å². The van der Waals surface area contributed by atoms with Gasteiger partial charge in [-0.25, -0.2) is 0 Å². The van der Waals surface area contributed by atoms with E-state index >= 15 is 0 Å². The molecule has 0 radical (unpaired) electrons. The first-order valence-electron chi connectivity index (χ1n) is 7.24. The van der Waals surface area contributed by atoms with Crippen LogP contribution in [0.1, 0.15) is 43.6 Å². The lowest BCUT2D eigenvalue weighted by atomic mass is 9.73. The molecule has 1 saturated carbocycles. The van der Waals surface area contributed by atoms with Gasteiger partial charge in [-0.05, 0) is 29.5 Å². The molecule has 1 heterocycles. The van der Waals surface area contributed by atoms with Crippen LogP contribution in [0, 0.1) is 11.8 Å². The number of hydrogen-bond donors (Lipinski definition) is 1.